The van der Waals surface area contributed by atoms with Crippen LogP contribution in [0, 0.1) is 49.4 Å². The maximum absolute atomic E-state index is 7.28. The van der Waals surface area contributed by atoms with Gasteiger partial charge in [0.1, 0.15) is 0 Å². The van der Waals surface area contributed by atoms with Crippen LogP contribution in [0.2, 0.25) is 0 Å². The minimum absolute atomic E-state index is 0. The third-order valence-electron chi connectivity index (χ3n) is 18.3. The van der Waals surface area contributed by atoms with Gasteiger partial charge in [0, 0.05) is 5.41 Å². The van der Waals surface area contributed by atoms with Crippen LogP contribution in [0.15, 0.2) is 315 Å². The molecular weight excluding hydrogens is 2020 g/mol. The van der Waals surface area contributed by atoms with Crippen LogP contribution in [-0.2, 0) is 101 Å². The van der Waals surface area contributed by atoms with Crippen molar-refractivity contribution in [1.29, 1.82) is 0 Å². The second kappa shape index (κ2) is 41.6. The van der Waals surface area contributed by atoms with Gasteiger partial charge in [0.05, 0.1) is 98.8 Å². The van der Waals surface area contributed by atoms with Gasteiger partial charge in [0.15, 0.2) is 0 Å². The minimum Gasteiger partial charge on any atom is -0.366 e. The Hall–Kier alpha value is -6.44. The summed E-state index contributed by atoms with van der Waals surface area (Å²) < 4.78 is 0. The molecule has 0 spiro atoms. The van der Waals surface area contributed by atoms with Gasteiger partial charge in [-0.2, -0.15) is 0 Å². The molecule has 0 heterocycles. The number of unbranched alkanes of at least 4 members (excludes halogenated alkanes) is 2. The van der Waals surface area contributed by atoms with E-state index in [2.05, 4.69) is 292 Å². The average molecular weight is 2100 g/mol. The van der Waals surface area contributed by atoms with Crippen LogP contribution in [0.5, 0.6) is 0 Å². The fourth-order valence-electron chi connectivity index (χ4n) is 13.4. The monoisotopic (exact) mass is 2100 g/mol. The van der Waals surface area contributed by atoms with Crippen molar-refractivity contribution in [3.05, 3.63) is 386 Å². The molecule has 0 amide bonds. The van der Waals surface area contributed by atoms with Gasteiger partial charge in [-0.25, -0.2) is 0 Å². The van der Waals surface area contributed by atoms with Crippen LogP contribution >= 0.6 is 31.7 Å². The van der Waals surface area contributed by atoms with Gasteiger partial charge in [-0.3, -0.25) is 23.7 Å². The fourth-order valence-corrected chi connectivity index (χ4v) is 24.2. The third kappa shape index (κ3) is 21.3. The molecule has 2 aliphatic rings. The minimum atomic E-state index is -0.714. The molecule has 0 N–H and O–H groups in total. The number of hydrogen-bond acceptors (Lipinski definition) is 0. The smallest absolute Gasteiger partial charge is 0.366 e. The summed E-state index contributed by atoms with van der Waals surface area (Å²) in [6.45, 7) is 4.39. The van der Waals surface area contributed by atoms with Gasteiger partial charge in [0.25, 0.3) is 0 Å². The number of fused-ring (bicyclic) bond motifs is 6. The Morgan fingerprint density at radius 3 is 0.830 bits per heavy atom. The molecular formula is C92H80Au4P4+4. The van der Waals surface area contributed by atoms with Crippen LogP contribution < -0.4 is 42.4 Å². The summed E-state index contributed by atoms with van der Waals surface area (Å²) in [7, 11) is -2.86. The number of rotatable bonds is 18. The summed E-state index contributed by atoms with van der Waals surface area (Å²) in [6.07, 6.45) is 40.2. The zero-order chi connectivity index (χ0) is 66.3. The molecule has 0 bridgehead atoms. The molecule has 0 aromatic heterocycles. The van der Waals surface area contributed by atoms with Crippen molar-refractivity contribution in [3.8, 4) is 45.9 Å². The molecule has 0 saturated carbocycles. The van der Waals surface area contributed by atoms with Crippen molar-refractivity contribution in [3.63, 3.8) is 0 Å². The predicted molar refractivity (Wildman–Crippen MR) is 423 cm³/mol. The first kappa shape index (κ1) is 80.9. The van der Waals surface area contributed by atoms with Gasteiger partial charge in [-0.1, -0.05) is 189 Å². The molecule has 0 atom stereocenters. The topological polar surface area (TPSA) is 0 Å². The summed E-state index contributed by atoms with van der Waals surface area (Å²) in [4.78, 5) is 0. The molecule has 508 valence electrons. The molecule has 0 radical (unpaired) electrons. The zero-order valence-corrected chi connectivity index (χ0v) is 68.8. The summed E-state index contributed by atoms with van der Waals surface area (Å²) >= 11 is 0. The second-order valence-corrected chi connectivity index (χ2v) is 35.3. The molecule has 8 heteroatoms. The number of hydrogen-bond donors (Lipinski definition) is 0. The first-order valence-corrected chi connectivity index (χ1v) is 40.2. The van der Waals surface area contributed by atoms with Crippen LogP contribution in [0.25, 0.3) is 22.3 Å². The first-order valence-electron chi connectivity index (χ1n) is 33.4. The molecule has 0 unspecified atom stereocenters. The van der Waals surface area contributed by atoms with E-state index in [1.54, 1.807) is 0 Å². The molecule has 2 aliphatic carbocycles. The van der Waals surface area contributed by atoms with Crippen molar-refractivity contribution in [2.24, 2.45) is 0 Å². The van der Waals surface area contributed by atoms with Crippen molar-refractivity contribution >= 4 is 74.1 Å². The van der Waals surface area contributed by atoms with E-state index in [1.807, 2.05) is 60.7 Å². The van der Waals surface area contributed by atoms with E-state index in [0.717, 1.165) is 28.7 Å². The largest absolute Gasteiger partial charge is 1.00 e. The van der Waals surface area contributed by atoms with Crippen LogP contribution in [0.4, 0.5) is 0 Å². The van der Waals surface area contributed by atoms with E-state index in [9.17, 15) is 0 Å². The van der Waals surface area contributed by atoms with Crippen molar-refractivity contribution < 1.29 is 89.5 Å². The maximum Gasteiger partial charge on any atom is 1.00 e. The van der Waals surface area contributed by atoms with E-state index in [0.29, 0.717) is 0 Å². The van der Waals surface area contributed by atoms with Gasteiger partial charge in [-0.05, 0) is 168 Å². The standard InChI is InChI=1S/2C28H28P2.C19H12.C17H8.4Au/c2*1-5-15-25(16-6-1)29(26-17-7-2-8-18-26)23-13-14-24-30(27-19-9-3-10-20-27)28-21-11-4-12-22-28;1-5-13-8-10-17-16(11-13)15-9-7-14(6-2)12-18(15)19(17,3)4;1-3-12-6-8-16-15(9-12)11-14-7-5-13(4-2)10-17(14)16;;;;/h2*1-12,15-22H,13-14,23-24H2;7-12H,3-4H3;5-10H,11H2;;;;/q;;2*-2;4*+1/p+4. The SMILES string of the molecule is [Au+].[Au+].[Au+].[Au+].[C-]#Cc1ccc2c(c1)-c1ccc(C#[C-])cc1C2(C)C.[C-]#Cc1ccc2c(c1)Cc1ccc(C#[C-])cc1-2.c1ccc([PH+](CCCC[PH+](c2ccccc2)c2ccccc2)c2ccccc2)cc1.c1ccc([PH+](CCCC[PH+](c2ccccc2)c2ccccc2)c2ccccc2)cc1. The van der Waals surface area contributed by atoms with Crippen molar-refractivity contribution in [2.75, 3.05) is 24.6 Å². The molecule has 100 heavy (non-hydrogen) atoms. The quantitative estimate of drug-likeness (QED) is 0.0264. The Morgan fingerprint density at radius 2 is 0.520 bits per heavy atom. The van der Waals surface area contributed by atoms with E-state index < -0.39 is 31.7 Å². The fraction of sp³-hybridized carbons (Fsp3) is 0.130. The summed E-state index contributed by atoms with van der Waals surface area (Å²) in [6, 6.07) is 113. The van der Waals surface area contributed by atoms with Crippen molar-refractivity contribution in [2.45, 2.75) is 51.4 Å². The molecule has 0 fully saturated rings. The number of benzene rings is 12. The average Bonchev–Trinajstić information content (AvgIpc) is 1.58. The van der Waals surface area contributed by atoms with Crippen LogP contribution in [0.1, 0.15) is 84.0 Å². The Morgan fingerprint density at radius 1 is 0.260 bits per heavy atom. The van der Waals surface area contributed by atoms with E-state index >= 15 is 0 Å². The van der Waals surface area contributed by atoms with E-state index in [-0.39, 0.29) is 94.9 Å². The van der Waals surface area contributed by atoms with Crippen LogP contribution in [-0.4, -0.2) is 24.6 Å². The Balaban J connectivity index is 0.000000190. The first-order chi connectivity index (χ1) is 47.2. The molecule has 0 aliphatic heterocycles. The van der Waals surface area contributed by atoms with Gasteiger partial charge in [-0.15, -0.1) is 70.8 Å². The molecule has 0 saturated heterocycles. The molecule has 12 aromatic rings. The zero-order valence-electron chi connectivity index (χ0n) is 56.1. The Labute approximate surface area is 664 Å². The van der Waals surface area contributed by atoms with Crippen LogP contribution in [0.3, 0.4) is 0 Å². The van der Waals surface area contributed by atoms with Gasteiger partial charge >= 0.3 is 89.5 Å². The molecule has 12 aromatic carbocycles. The summed E-state index contributed by atoms with van der Waals surface area (Å²) in [5.74, 6) is 9.73. The second-order valence-electron chi connectivity index (χ2n) is 24.8. The normalized spacial score (nSPS) is 11.3. The predicted octanol–water partition coefficient (Wildman–Crippen LogP) is 18.0. The summed E-state index contributed by atoms with van der Waals surface area (Å²) in [5, 5.41) is 12.3. The third-order valence-corrected chi connectivity index (χ3v) is 30.0. The summed E-state index contributed by atoms with van der Waals surface area (Å²) in [5.41, 5.74) is 12.9. The molecule has 14 rings (SSSR count). The van der Waals surface area contributed by atoms with E-state index in [4.69, 9.17) is 25.7 Å². The van der Waals surface area contributed by atoms with Gasteiger partial charge < -0.3 is 25.7 Å². The van der Waals surface area contributed by atoms with E-state index in [1.165, 1.54) is 137 Å². The molecule has 0 nitrogen and oxygen atoms in total. The Kier molecular flexibility index (Phi) is 33.6. The van der Waals surface area contributed by atoms with Gasteiger partial charge in [0.2, 0.25) is 0 Å². The van der Waals surface area contributed by atoms with Crippen molar-refractivity contribution in [1.82, 2.24) is 0 Å². The maximum atomic E-state index is 7.28. The Bertz CT molecular complexity index is 4150.